The van der Waals surface area contributed by atoms with Crippen LogP contribution in [0.15, 0.2) is 24.4 Å². The van der Waals surface area contributed by atoms with E-state index in [2.05, 4.69) is 20.2 Å². The normalized spacial score (nSPS) is 27.7. The highest BCUT2D eigenvalue weighted by atomic mass is 19.4. The summed E-state index contributed by atoms with van der Waals surface area (Å²) in [6.07, 6.45) is -2.81. The fourth-order valence-electron chi connectivity index (χ4n) is 7.55. The zero-order chi connectivity index (χ0) is 30.8. The molecule has 0 saturated carbocycles. The van der Waals surface area contributed by atoms with Gasteiger partial charge in [0.15, 0.2) is 11.9 Å². The number of nitrogens with one attached hydrogen (secondary N) is 1. The summed E-state index contributed by atoms with van der Waals surface area (Å²) in [5, 5.41) is 14.0. The molecule has 7 rings (SSSR count). The van der Waals surface area contributed by atoms with E-state index in [1.54, 1.807) is 0 Å². The zero-order valence-corrected chi connectivity index (χ0v) is 24.1. The summed E-state index contributed by atoms with van der Waals surface area (Å²) >= 11 is 0. The van der Waals surface area contributed by atoms with Crippen molar-refractivity contribution >= 4 is 16.7 Å². The van der Waals surface area contributed by atoms with Crippen molar-refractivity contribution in [3.05, 3.63) is 35.8 Å². The lowest BCUT2D eigenvalue weighted by atomic mass is 9.95. The average Bonchev–Trinajstić information content (AvgIpc) is 3.62. The second-order valence-corrected chi connectivity index (χ2v) is 12.3. The molecule has 0 aliphatic carbocycles. The maximum atomic E-state index is 16.5. The molecule has 14 heteroatoms. The number of aromatic nitrogens is 3. The minimum Gasteiger partial charge on any atom is -0.508 e. The van der Waals surface area contributed by atoms with Gasteiger partial charge in [0.1, 0.15) is 35.6 Å². The van der Waals surface area contributed by atoms with Gasteiger partial charge in [0, 0.05) is 57.0 Å². The van der Waals surface area contributed by atoms with E-state index in [0.29, 0.717) is 31.9 Å². The van der Waals surface area contributed by atoms with Gasteiger partial charge in [-0.25, -0.2) is 8.78 Å². The number of phenolic OH excluding ortho intramolecular Hbond substituents is 1. The van der Waals surface area contributed by atoms with Gasteiger partial charge in [-0.05, 0) is 49.9 Å². The van der Waals surface area contributed by atoms with Crippen LogP contribution in [-0.4, -0.2) is 94.8 Å². The Kier molecular flexibility index (Phi) is 7.28. The van der Waals surface area contributed by atoms with E-state index in [4.69, 9.17) is 14.5 Å². The highest BCUT2D eigenvalue weighted by Gasteiger charge is 2.49. The SMILES string of the molecule is COC(c1ccc(O)cc1-c1ncc2c(N3C[C@H]4CC[C@@H](C3)N4)nc(OCC34CCCN3CC(F)C4)nc2c1F)C(F)(F)F. The molecule has 3 aromatic rings. The largest absolute Gasteiger partial charge is 0.508 e. The van der Waals surface area contributed by atoms with Gasteiger partial charge < -0.3 is 24.8 Å². The van der Waals surface area contributed by atoms with Crippen LogP contribution in [-0.2, 0) is 4.74 Å². The monoisotopic (exact) mass is 620 g/mol. The van der Waals surface area contributed by atoms with E-state index in [1.165, 1.54) is 6.20 Å². The number of rotatable bonds is 7. The molecule has 2 N–H and O–H groups in total. The standard InChI is InChI=1S/C30H33F5N6O3/c1-43-26(30(33,34)35)20-6-5-19(42)9-21(20)24-23(32)25-22(11-36-24)27(40-13-17-3-4-18(14-40)37-17)39-28(38-25)44-15-29-7-2-8-41(29)12-16(31)10-29/h5-6,9,11,16-18,26,37,42H,2-4,7-8,10,12-15H2,1H3/t16?,17-,18+,26?,29?. The molecule has 9 nitrogen and oxygen atoms in total. The summed E-state index contributed by atoms with van der Waals surface area (Å²) in [6, 6.07) is 3.51. The lowest BCUT2D eigenvalue weighted by Crippen LogP contribution is -2.51. The summed E-state index contributed by atoms with van der Waals surface area (Å²) in [6.45, 7) is 2.47. The van der Waals surface area contributed by atoms with Crippen molar-refractivity contribution in [1.82, 2.24) is 25.2 Å². The minimum atomic E-state index is -4.81. The Balaban J connectivity index is 1.33. The first-order valence-electron chi connectivity index (χ1n) is 14.9. The van der Waals surface area contributed by atoms with Gasteiger partial charge in [-0.15, -0.1) is 0 Å². The second kappa shape index (κ2) is 10.9. The number of fused-ring (bicyclic) bond motifs is 4. The number of benzene rings is 1. The Morgan fingerprint density at radius 2 is 1.93 bits per heavy atom. The van der Waals surface area contributed by atoms with Crippen LogP contribution >= 0.6 is 0 Å². The number of ether oxygens (including phenoxy) is 2. The van der Waals surface area contributed by atoms with Crippen molar-refractivity contribution in [2.24, 2.45) is 0 Å². The second-order valence-electron chi connectivity index (χ2n) is 12.3. The third-order valence-electron chi connectivity index (χ3n) is 9.50. The summed E-state index contributed by atoms with van der Waals surface area (Å²) in [4.78, 5) is 17.5. The molecule has 3 unspecified atom stereocenters. The van der Waals surface area contributed by atoms with Gasteiger partial charge in [-0.2, -0.15) is 23.1 Å². The molecule has 4 fully saturated rings. The molecule has 6 heterocycles. The molecule has 0 radical (unpaired) electrons. The number of halogens is 5. The molecule has 236 valence electrons. The highest BCUT2D eigenvalue weighted by Crippen LogP contribution is 2.43. The first-order chi connectivity index (χ1) is 21.0. The zero-order valence-electron chi connectivity index (χ0n) is 24.1. The van der Waals surface area contributed by atoms with E-state index in [0.717, 1.165) is 57.5 Å². The topological polar surface area (TPSA) is 95.9 Å². The maximum absolute atomic E-state index is 16.5. The Morgan fingerprint density at radius 3 is 2.66 bits per heavy atom. The molecule has 4 aliphatic rings. The third kappa shape index (κ3) is 5.10. The Bertz CT molecular complexity index is 1560. The Morgan fingerprint density at radius 1 is 1.16 bits per heavy atom. The molecule has 1 aromatic carbocycles. The van der Waals surface area contributed by atoms with E-state index in [1.807, 2.05) is 4.90 Å². The van der Waals surface area contributed by atoms with E-state index in [9.17, 15) is 22.7 Å². The van der Waals surface area contributed by atoms with Crippen molar-refractivity contribution in [3.8, 4) is 23.0 Å². The van der Waals surface area contributed by atoms with Gasteiger partial charge in [0.05, 0.1) is 10.9 Å². The van der Waals surface area contributed by atoms with Gasteiger partial charge >= 0.3 is 12.2 Å². The van der Waals surface area contributed by atoms with Crippen LogP contribution in [0, 0.1) is 5.82 Å². The Hall–Kier alpha value is -3.36. The smallest absolute Gasteiger partial charge is 0.418 e. The van der Waals surface area contributed by atoms with Gasteiger partial charge in [0.25, 0.3) is 0 Å². The van der Waals surface area contributed by atoms with E-state index in [-0.39, 0.29) is 46.9 Å². The quantitative estimate of drug-likeness (QED) is 0.365. The van der Waals surface area contributed by atoms with Crippen LogP contribution in [0.2, 0.25) is 0 Å². The Labute approximate surface area is 250 Å². The number of hydrogen-bond donors (Lipinski definition) is 2. The first-order valence-corrected chi connectivity index (χ1v) is 14.9. The van der Waals surface area contributed by atoms with Crippen LogP contribution in [0.3, 0.4) is 0 Å². The molecule has 2 bridgehead atoms. The minimum absolute atomic E-state index is 0.0980. The number of alkyl halides is 4. The van der Waals surface area contributed by atoms with Crippen LogP contribution in [0.5, 0.6) is 11.8 Å². The van der Waals surface area contributed by atoms with E-state index < -0.39 is 41.1 Å². The highest BCUT2D eigenvalue weighted by molar-refractivity contribution is 5.92. The number of phenols is 1. The van der Waals surface area contributed by atoms with Gasteiger partial charge in [-0.3, -0.25) is 9.88 Å². The molecule has 2 aromatic heterocycles. The number of methoxy groups -OCH3 is 1. The van der Waals surface area contributed by atoms with Gasteiger partial charge in [0.2, 0.25) is 0 Å². The number of nitrogens with zero attached hydrogens (tertiary/aromatic N) is 5. The molecule has 4 saturated heterocycles. The molecule has 4 aliphatic heterocycles. The van der Waals surface area contributed by atoms with Crippen molar-refractivity contribution in [2.75, 3.05) is 44.8 Å². The van der Waals surface area contributed by atoms with Crippen molar-refractivity contribution in [1.29, 1.82) is 0 Å². The van der Waals surface area contributed by atoms with Crippen molar-refractivity contribution < 1.29 is 36.5 Å². The predicted molar refractivity (Wildman–Crippen MR) is 151 cm³/mol. The molecule has 0 amide bonds. The maximum Gasteiger partial charge on any atom is 0.418 e. The van der Waals surface area contributed by atoms with Crippen LogP contribution in [0.1, 0.15) is 43.8 Å². The van der Waals surface area contributed by atoms with Crippen LogP contribution in [0.25, 0.3) is 22.2 Å². The summed E-state index contributed by atoms with van der Waals surface area (Å²) in [7, 11) is 0.906. The van der Waals surface area contributed by atoms with E-state index >= 15 is 4.39 Å². The summed E-state index contributed by atoms with van der Waals surface area (Å²) < 4.78 is 83.5. The summed E-state index contributed by atoms with van der Waals surface area (Å²) in [5.41, 5.74) is -1.78. The van der Waals surface area contributed by atoms with Crippen LogP contribution < -0.4 is 15.0 Å². The lowest BCUT2D eigenvalue weighted by molar-refractivity contribution is -0.215. The fourth-order valence-corrected chi connectivity index (χ4v) is 7.55. The number of anilines is 1. The molecule has 44 heavy (non-hydrogen) atoms. The summed E-state index contributed by atoms with van der Waals surface area (Å²) in [5.74, 6) is -0.935. The molecular weight excluding hydrogens is 587 g/mol. The first kappa shape index (κ1) is 29.4. The van der Waals surface area contributed by atoms with Crippen molar-refractivity contribution in [3.63, 3.8) is 0 Å². The fraction of sp³-hybridized carbons (Fsp3) is 0.567. The van der Waals surface area contributed by atoms with Crippen molar-refractivity contribution in [2.45, 2.75) is 68.2 Å². The number of pyridine rings is 1. The number of piperazine rings is 1. The third-order valence-corrected chi connectivity index (χ3v) is 9.50. The number of hydrogen-bond acceptors (Lipinski definition) is 9. The van der Waals surface area contributed by atoms with Crippen LogP contribution in [0.4, 0.5) is 27.8 Å². The molecular formula is C30H33F5N6O3. The predicted octanol–water partition coefficient (Wildman–Crippen LogP) is 4.68. The molecule has 5 atom stereocenters. The number of aromatic hydroxyl groups is 1. The lowest BCUT2D eigenvalue weighted by Gasteiger charge is -2.34. The average molecular weight is 621 g/mol. The molecule has 0 spiro atoms. The van der Waals surface area contributed by atoms with Gasteiger partial charge in [-0.1, -0.05) is 6.07 Å².